The maximum absolute atomic E-state index is 13.1. The number of hydrogen-bond acceptors (Lipinski definition) is 4. The molecule has 30 heavy (non-hydrogen) atoms. The van der Waals surface area contributed by atoms with E-state index < -0.39 is 0 Å². The lowest BCUT2D eigenvalue weighted by molar-refractivity contribution is 0.102. The largest absolute Gasteiger partial charge is 0.467 e. The molecule has 1 aliphatic rings. The number of carbonyl (C=O) groups excluding carboxylic acids is 1. The lowest BCUT2D eigenvalue weighted by Gasteiger charge is -2.27. The van der Waals surface area contributed by atoms with Crippen LogP contribution in [-0.4, -0.2) is 40.0 Å². The van der Waals surface area contributed by atoms with Crippen LogP contribution in [0, 0.1) is 20.8 Å². The number of furan rings is 1. The number of thioether (sulfide) groups is 1. The van der Waals surface area contributed by atoms with Crippen LogP contribution in [0.4, 0.5) is 5.69 Å². The first-order valence-electron chi connectivity index (χ1n) is 10.4. The molecule has 2 aromatic heterocycles. The van der Waals surface area contributed by atoms with Crippen molar-refractivity contribution in [2.45, 2.75) is 33.9 Å². The summed E-state index contributed by atoms with van der Waals surface area (Å²) in [5.41, 5.74) is 6.01. The van der Waals surface area contributed by atoms with E-state index in [1.165, 1.54) is 17.1 Å². The summed E-state index contributed by atoms with van der Waals surface area (Å²) in [5.74, 6) is 3.21. The predicted molar refractivity (Wildman–Crippen MR) is 123 cm³/mol. The smallest absolute Gasteiger partial charge is 0.257 e. The third kappa shape index (κ3) is 4.50. The summed E-state index contributed by atoms with van der Waals surface area (Å²) >= 11 is 2.02. The van der Waals surface area contributed by atoms with Crippen LogP contribution in [0.15, 0.2) is 47.1 Å². The van der Waals surface area contributed by atoms with Gasteiger partial charge in [-0.1, -0.05) is 12.1 Å². The topological polar surface area (TPSA) is 50.4 Å². The molecule has 158 valence electrons. The van der Waals surface area contributed by atoms with Gasteiger partial charge in [0.15, 0.2) is 0 Å². The van der Waals surface area contributed by atoms with Crippen LogP contribution >= 0.6 is 11.8 Å². The van der Waals surface area contributed by atoms with Crippen molar-refractivity contribution in [3.8, 4) is 0 Å². The summed E-state index contributed by atoms with van der Waals surface area (Å²) in [6.45, 7) is 9.93. The molecule has 0 radical (unpaired) electrons. The average molecular weight is 424 g/mol. The van der Waals surface area contributed by atoms with Gasteiger partial charge in [0.25, 0.3) is 5.91 Å². The molecule has 3 aromatic rings. The Morgan fingerprint density at radius 1 is 1.10 bits per heavy atom. The van der Waals surface area contributed by atoms with Crippen molar-refractivity contribution in [3.05, 3.63) is 76.5 Å². The van der Waals surface area contributed by atoms with Gasteiger partial charge in [0.05, 0.1) is 18.4 Å². The Labute approximate surface area is 182 Å². The number of aryl methyl sites for hydroxylation is 1. The summed E-state index contributed by atoms with van der Waals surface area (Å²) in [6, 6.07) is 12.0. The summed E-state index contributed by atoms with van der Waals surface area (Å²) in [4.78, 5) is 15.6. The lowest BCUT2D eigenvalue weighted by atomic mass is 10.1. The molecule has 5 nitrogen and oxygen atoms in total. The fourth-order valence-electron chi connectivity index (χ4n) is 4.01. The molecule has 0 unspecified atom stereocenters. The minimum atomic E-state index is -0.0663. The van der Waals surface area contributed by atoms with E-state index in [1.54, 1.807) is 6.26 Å². The quantitative estimate of drug-likeness (QED) is 0.615. The highest BCUT2D eigenvalue weighted by Crippen LogP contribution is 2.24. The molecule has 1 aromatic carbocycles. The minimum Gasteiger partial charge on any atom is -0.467 e. The number of amides is 1. The Bertz CT molecular complexity index is 1020. The Morgan fingerprint density at radius 3 is 2.63 bits per heavy atom. The zero-order valence-corrected chi connectivity index (χ0v) is 18.7. The van der Waals surface area contributed by atoms with Gasteiger partial charge >= 0.3 is 0 Å². The van der Waals surface area contributed by atoms with Crippen LogP contribution < -0.4 is 5.32 Å². The number of aromatic nitrogens is 1. The molecule has 1 aliphatic heterocycles. The molecule has 6 heteroatoms. The van der Waals surface area contributed by atoms with Crippen LogP contribution in [0.1, 0.15) is 38.6 Å². The number of nitrogens with zero attached hydrogens (tertiary/aromatic N) is 2. The fourth-order valence-corrected chi connectivity index (χ4v) is 4.99. The SMILES string of the molecule is Cc1c(CN2CCSCC2)cccc1NC(=O)c1cc(C)n(Cc2ccco2)c1C. The second-order valence-corrected chi connectivity index (χ2v) is 9.11. The van der Waals surface area contributed by atoms with Gasteiger partial charge in [-0.25, -0.2) is 0 Å². The summed E-state index contributed by atoms with van der Waals surface area (Å²) in [6.07, 6.45) is 1.68. The van der Waals surface area contributed by atoms with E-state index in [-0.39, 0.29) is 5.91 Å². The zero-order valence-electron chi connectivity index (χ0n) is 17.9. The Morgan fingerprint density at radius 2 is 1.90 bits per heavy atom. The standard InChI is InChI=1S/C24H29N3O2S/c1-17-14-22(19(3)27(17)16-21-7-5-11-29-21)24(28)25-23-8-4-6-20(18(23)2)15-26-9-12-30-13-10-26/h4-8,11,14H,9-10,12-13,15-16H2,1-3H3,(H,25,28). The maximum Gasteiger partial charge on any atom is 0.257 e. The Kier molecular flexibility index (Phi) is 6.35. The van der Waals surface area contributed by atoms with E-state index in [4.69, 9.17) is 4.42 Å². The zero-order chi connectivity index (χ0) is 21.1. The van der Waals surface area contributed by atoms with Gasteiger partial charge in [-0.15, -0.1) is 0 Å². The highest BCUT2D eigenvalue weighted by atomic mass is 32.2. The second kappa shape index (κ2) is 9.14. The van der Waals surface area contributed by atoms with Crippen LogP contribution in [-0.2, 0) is 13.1 Å². The van der Waals surface area contributed by atoms with Crippen molar-refractivity contribution < 1.29 is 9.21 Å². The van der Waals surface area contributed by atoms with Gasteiger partial charge in [-0.05, 0) is 56.2 Å². The monoisotopic (exact) mass is 423 g/mol. The lowest BCUT2D eigenvalue weighted by Crippen LogP contribution is -2.32. The first kappa shape index (κ1) is 20.8. The molecule has 1 fully saturated rings. The minimum absolute atomic E-state index is 0.0663. The molecule has 0 aliphatic carbocycles. The molecular formula is C24H29N3O2S. The number of benzene rings is 1. The third-order valence-corrected chi connectivity index (χ3v) is 6.85. The van der Waals surface area contributed by atoms with Crippen LogP contribution in [0.25, 0.3) is 0 Å². The summed E-state index contributed by atoms with van der Waals surface area (Å²) < 4.78 is 7.59. The van der Waals surface area contributed by atoms with E-state index in [0.29, 0.717) is 12.1 Å². The highest BCUT2D eigenvalue weighted by molar-refractivity contribution is 7.99. The third-order valence-electron chi connectivity index (χ3n) is 5.90. The predicted octanol–water partition coefficient (Wildman–Crippen LogP) is 4.86. The molecule has 0 saturated carbocycles. The molecule has 3 heterocycles. The number of nitrogens with one attached hydrogen (secondary N) is 1. The number of carbonyl (C=O) groups is 1. The molecule has 4 rings (SSSR count). The average Bonchev–Trinajstić information content (AvgIpc) is 3.35. The van der Waals surface area contributed by atoms with E-state index >= 15 is 0 Å². The fraction of sp³-hybridized carbons (Fsp3) is 0.375. The van der Waals surface area contributed by atoms with Crippen LogP contribution in [0.5, 0.6) is 0 Å². The summed E-state index contributed by atoms with van der Waals surface area (Å²) in [7, 11) is 0. The van der Waals surface area contributed by atoms with Crippen LogP contribution in [0.2, 0.25) is 0 Å². The van der Waals surface area contributed by atoms with E-state index in [0.717, 1.165) is 48.0 Å². The van der Waals surface area contributed by atoms with Gasteiger partial charge in [-0.3, -0.25) is 9.69 Å². The number of anilines is 1. The van der Waals surface area contributed by atoms with Crippen LogP contribution in [0.3, 0.4) is 0 Å². The number of hydrogen-bond donors (Lipinski definition) is 1. The van der Waals surface area contributed by atoms with Crippen molar-refractivity contribution in [3.63, 3.8) is 0 Å². The molecule has 1 saturated heterocycles. The highest BCUT2D eigenvalue weighted by Gasteiger charge is 2.18. The molecule has 1 N–H and O–H groups in total. The van der Waals surface area contributed by atoms with Crippen molar-refractivity contribution in [2.75, 3.05) is 29.9 Å². The Hall–Kier alpha value is -2.44. The summed E-state index contributed by atoms with van der Waals surface area (Å²) in [5, 5.41) is 3.15. The molecule has 1 amide bonds. The molecule has 0 spiro atoms. The van der Waals surface area contributed by atoms with Crippen molar-refractivity contribution >= 4 is 23.4 Å². The van der Waals surface area contributed by atoms with Gasteiger partial charge in [0, 0.05) is 48.2 Å². The molecular weight excluding hydrogens is 394 g/mol. The van der Waals surface area contributed by atoms with Gasteiger partial charge < -0.3 is 14.3 Å². The normalized spacial score (nSPS) is 14.8. The van der Waals surface area contributed by atoms with E-state index in [9.17, 15) is 4.79 Å². The van der Waals surface area contributed by atoms with E-state index in [2.05, 4.69) is 27.8 Å². The van der Waals surface area contributed by atoms with Gasteiger partial charge in [0.1, 0.15) is 5.76 Å². The molecule has 0 atom stereocenters. The van der Waals surface area contributed by atoms with Crippen molar-refractivity contribution in [2.24, 2.45) is 0 Å². The maximum atomic E-state index is 13.1. The van der Waals surface area contributed by atoms with E-state index in [1.807, 2.05) is 55.9 Å². The number of rotatable bonds is 6. The second-order valence-electron chi connectivity index (χ2n) is 7.88. The van der Waals surface area contributed by atoms with Gasteiger partial charge in [0.2, 0.25) is 0 Å². The first-order chi connectivity index (χ1) is 14.5. The molecule has 0 bridgehead atoms. The van der Waals surface area contributed by atoms with Crippen molar-refractivity contribution in [1.82, 2.24) is 9.47 Å². The van der Waals surface area contributed by atoms with Gasteiger partial charge in [-0.2, -0.15) is 11.8 Å². The van der Waals surface area contributed by atoms with Crippen molar-refractivity contribution in [1.29, 1.82) is 0 Å². The first-order valence-corrected chi connectivity index (χ1v) is 11.6. The Balaban J connectivity index is 1.51.